The highest BCUT2D eigenvalue weighted by Crippen LogP contribution is 2.32. The topological polar surface area (TPSA) is 105 Å². The van der Waals surface area contributed by atoms with Crippen LogP contribution >= 0.6 is 0 Å². The van der Waals surface area contributed by atoms with Crippen molar-refractivity contribution >= 4 is 28.3 Å². The smallest absolute Gasteiger partial charge is 0.244 e. The molecular formula is C30H30N2O7. The van der Waals surface area contributed by atoms with Gasteiger partial charge in [-0.2, -0.15) is 0 Å². The molecule has 0 atom stereocenters. The fourth-order valence-electron chi connectivity index (χ4n) is 4.33. The van der Waals surface area contributed by atoms with Crippen LogP contribution in [-0.4, -0.2) is 44.7 Å². The molecule has 0 fully saturated rings. The molecule has 9 heteroatoms. The Hall–Kier alpha value is -4.79. The summed E-state index contributed by atoms with van der Waals surface area (Å²) >= 11 is 0. The van der Waals surface area contributed by atoms with Gasteiger partial charge in [-0.3, -0.25) is 14.4 Å². The number of hydrogen-bond acceptors (Lipinski definition) is 7. The summed E-state index contributed by atoms with van der Waals surface area (Å²) in [6, 6.07) is 15.3. The molecule has 0 spiro atoms. The maximum Gasteiger partial charge on any atom is 0.244 e. The number of ketones is 1. The van der Waals surface area contributed by atoms with Gasteiger partial charge in [0.2, 0.25) is 11.3 Å². The van der Waals surface area contributed by atoms with E-state index in [9.17, 15) is 14.4 Å². The first-order valence-corrected chi connectivity index (χ1v) is 12.3. The summed E-state index contributed by atoms with van der Waals surface area (Å²) in [5, 5.41) is 3.05. The van der Waals surface area contributed by atoms with Crippen molar-refractivity contribution in [3.05, 3.63) is 87.7 Å². The third-order valence-electron chi connectivity index (χ3n) is 6.44. The number of carbonyl (C=O) groups excluding carboxylic acids is 2. The standard InChI is InChI=1S/C30H30N2O7/c1-6-18-7-9-19(10-8-18)29(34)22-16-32(23-15-27(39-5)26(38-4)14-21(23)30(22)35)17-28(33)31-20-11-12-24(36-2)25(13-20)37-3/h7-16H,6,17H2,1-5H3,(H,31,33). The van der Waals surface area contributed by atoms with Gasteiger partial charge in [-0.25, -0.2) is 0 Å². The van der Waals surface area contributed by atoms with Crippen LogP contribution in [0, 0.1) is 0 Å². The Morgan fingerprint density at radius 3 is 2.03 bits per heavy atom. The van der Waals surface area contributed by atoms with E-state index >= 15 is 0 Å². The number of nitrogens with one attached hydrogen (secondary N) is 1. The molecule has 3 aromatic carbocycles. The first kappa shape index (κ1) is 27.3. The van der Waals surface area contributed by atoms with E-state index < -0.39 is 11.2 Å². The summed E-state index contributed by atoms with van der Waals surface area (Å²) in [5.74, 6) is 0.884. The minimum atomic E-state index is -0.466. The molecule has 1 aromatic heterocycles. The highest BCUT2D eigenvalue weighted by atomic mass is 16.5. The van der Waals surface area contributed by atoms with Crippen LogP contribution in [0.2, 0.25) is 0 Å². The van der Waals surface area contributed by atoms with Gasteiger partial charge in [-0.15, -0.1) is 0 Å². The lowest BCUT2D eigenvalue weighted by molar-refractivity contribution is -0.116. The maximum atomic E-state index is 13.5. The number of ether oxygens (including phenoxy) is 4. The van der Waals surface area contributed by atoms with E-state index in [1.54, 1.807) is 41.0 Å². The number of methoxy groups -OCH3 is 4. The van der Waals surface area contributed by atoms with E-state index in [2.05, 4.69) is 5.32 Å². The Morgan fingerprint density at radius 2 is 1.41 bits per heavy atom. The van der Waals surface area contributed by atoms with Crippen LogP contribution in [0.5, 0.6) is 23.0 Å². The fourth-order valence-corrected chi connectivity index (χ4v) is 4.33. The summed E-state index contributed by atoms with van der Waals surface area (Å²) in [6.07, 6.45) is 2.24. The summed E-state index contributed by atoms with van der Waals surface area (Å²) in [5.41, 5.74) is 1.84. The second-order valence-corrected chi connectivity index (χ2v) is 8.72. The van der Waals surface area contributed by atoms with Crippen LogP contribution < -0.4 is 29.7 Å². The number of amides is 1. The molecule has 1 amide bonds. The Balaban J connectivity index is 1.79. The largest absolute Gasteiger partial charge is 0.493 e. The average Bonchev–Trinajstić information content (AvgIpc) is 2.97. The number of fused-ring (bicyclic) bond motifs is 1. The molecule has 1 heterocycles. The van der Waals surface area contributed by atoms with E-state index in [1.807, 2.05) is 19.1 Å². The van der Waals surface area contributed by atoms with Gasteiger partial charge in [0.05, 0.1) is 44.9 Å². The molecule has 4 aromatic rings. The van der Waals surface area contributed by atoms with Gasteiger partial charge >= 0.3 is 0 Å². The Kier molecular flexibility index (Phi) is 8.19. The molecule has 0 unspecified atom stereocenters. The van der Waals surface area contributed by atoms with Crippen LogP contribution in [0.15, 0.2) is 65.6 Å². The van der Waals surface area contributed by atoms with Gasteiger partial charge in [0.15, 0.2) is 28.8 Å². The Morgan fingerprint density at radius 1 is 0.795 bits per heavy atom. The molecule has 0 radical (unpaired) electrons. The van der Waals surface area contributed by atoms with Crippen molar-refractivity contribution in [2.45, 2.75) is 19.9 Å². The lowest BCUT2D eigenvalue weighted by Crippen LogP contribution is -2.24. The number of carbonyl (C=O) groups is 2. The molecular weight excluding hydrogens is 500 g/mol. The number of benzene rings is 3. The Bertz CT molecular complexity index is 1590. The first-order chi connectivity index (χ1) is 18.8. The molecule has 202 valence electrons. The van der Waals surface area contributed by atoms with E-state index in [0.29, 0.717) is 39.8 Å². The monoisotopic (exact) mass is 530 g/mol. The summed E-state index contributed by atoms with van der Waals surface area (Å²) < 4.78 is 22.9. The van der Waals surface area contributed by atoms with Crippen molar-refractivity contribution < 1.29 is 28.5 Å². The zero-order valence-corrected chi connectivity index (χ0v) is 22.5. The predicted molar refractivity (Wildman–Crippen MR) is 149 cm³/mol. The molecule has 9 nitrogen and oxygen atoms in total. The van der Waals surface area contributed by atoms with Crippen molar-refractivity contribution in [2.75, 3.05) is 33.8 Å². The van der Waals surface area contributed by atoms with Crippen LogP contribution in [0.3, 0.4) is 0 Å². The number of nitrogens with zero attached hydrogens (tertiary/aromatic N) is 1. The fraction of sp³-hybridized carbons (Fsp3) is 0.233. The maximum absolute atomic E-state index is 13.5. The molecule has 0 aliphatic heterocycles. The van der Waals surface area contributed by atoms with Crippen molar-refractivity contribution in [3.63, 3.8) is 0 Å². The predicted octanol–water partition coefficient (Wildman–Crippen LogP) is 4.47. The van der Waals surface area contributed by atoms with Crippen LogP contribution in [0.1, 0.15) is 28.4 Å². The third-order valence-corrected chi connectivity index (χ3v) is 6.44. The molecule has 4 rings (SSSR count). The quantitative estimate of drug-likeness (QED) is 0.302. The molecule has 39 heavy (non-hydrogen) atoms. The van der Waals surface area contributed by atoms with Crippen LogP contribution in [-0.2, 0) is 17.8 Å². The Labute approximate surface area is 225 Å². The van der Waals surface area contributed by atoms with Gasteiger partial charge in [0, 0.05) is 29.6 Å². The number of aryl methyl sites for hydroxylation is 1. The van der Waals surface area contributed by atoms with Gasteiger partial charge in [0.1, 0.15) is 6.54 Å². The molecule has 0 bridgehead atoms. The van der Waals surface area contributed by atoms with Gasteiger partial charge < -0.3 is 28.8 Å². The summed E-state index contributed by atoms with van der Waals surface area (Å²) in [7, 11) is 5.97. The zero-order valence-electron chi connectivity index (χ0n) is 22.5. The second-order valence-electron chi connectivity index (χ2n) is 8.72. The minimum absolute atomic E-state index is 0.0575. The SMILES string of the molecule is CCc1ccc(C(=O)c2cn(CC(=O)Nc3ccc(OC)c(OC)c3)c3cc(OC)c(OC)cc3c2=O)cc1. The third kappa shape index (κ3) is 5.57. The second kappa shape index (κ2) is 11.7. The summed E-state index contributed by atoms with van der Waals surface area (Å²) in [4.78, 5) is 40.1. The van der Waals surface area contributed by atoms with Gasteiger partial charge in [0.25, 0.3) is 0 Å². The van der Waals surface area contributed by atoms with Crippen molar-refractivity contribution in [1.29, 1.82) is 0 Å². The van der Waals surface area contributed by atoms with Crippen molar-refractivity contribution in [3.8, 4) is 23.0 Å². The number of anilines is 1. The number of aromatic nitrogens is 1. The van der Waals surface area contributed by atoms with E-state index in [4.69, 9.17) is 18.9 Å². The molecule has 1 N–H and O–H groups in total. The lowest BCUT2D eigenvalue weighted by atomic mass is 10.0. The molecule has 0 saturated carbocycles. The van der Waals surface area contributed by atoms with Gasteiger partial charge in [-0.1, -0.05) is 31.2 Å². The number of rotatable bonds is 10. The van der Waals surface area contributed by atoms with Crippen molar-refractivity contribution in [1.82, 2.24) is 4.57 Å². The molecule has 0 aliphatic rings. The number of pyridine rings is 1. The molecule has 0 saturated heterocycles. The van der Waals surface area contributed by atoms with E-state index in [1.165, 1.54) is 40.7 Å². The van der Waals surface area contributed by atoms with E-state index in [-0.39, 0.29) is 23.4 Å². The zero-order chi connectivity index (χ0) is 28.1. The first-order valence-electron chi connectivity index (χ1n) is 12.3. The average molecular weight is 531 g/mol. The van der Waals surface area contributed by atoms with E-state index in [0.717, 1.165) is 12.0 Å². The lowest BCUT2D eigenvalue weighted by Gasteiger charge is -2.16. The van der Waals surface area contributed by atoms with Crippen LogP contribution in [0.25, 0.3) is 10.9 Å². The number of hydrogen-bond donors (Lipinski definition) is 1. The minimum Gasteiger partial charge on any atom is -0.493 e. The highest BCUT2D eigenvalue weighted by Gasteiger charge is 2.21. The highest BCUT2D eigenvalue weighted by molar-refractivity contribution is 6.10. The normalized spacial score (nSPS) is 10.7. The molecule has 0 aliphatic carbocycles. The van der Waals surface area contributed by atoms with Crippen molar-refractivity contribution in [2.24, 2.45) is 0 Å². The van der Waals surface area contributed by atoms with Gasteiger partial charge in [-0.05, 0) is 30.2 Å². The van der Waals surface area contributed by atoms with Crippen LogP contribution in [0.4, 0.5) is 5.69 Å². The summed E-state index contributed by atoms with van der Waals surface area (Å²) in [6.45, 7) is 1.84.